The molecule has 2 aliphatic heterocycles. The number of fused-ring (bicyclic) bond motifs is 1. The molecule has 0 aliphatic carbocycles. The van der Waals surface area contributed by atoms with Crippen LogP contribution in [0.15, 0.2) is 24.3 Å². The molecule has 0 radical (unpaired) electrons. The molecule has 2 unspecified atom stereocenters. The molecule has 2 aliphatic rings. The van der Waals surface area contributed by atoms with E-state index in [4.69, 9.17) is 9.16 Å². The standard InChI is InChI=1S/C23H32N2O7Si/c1-6-33(7-2,8-3)32-15(5)18-19-14(4)21(26)20(24(19)22(18)27)23(28)31-13-16-9-11-17(12-10-16)25(29)30/h9-12,14-15,18-20H,6-8,13H2,1-5H3/t14-,15?,18-,19+,20?/m1/s1. The van der Waals surface area contributed by atoms with E-state index in [1.165, 1.54) is 29.2 Å². The maximum Gasteiger partial charge on any atom is 0.337 e. The van der Waals surface area contributed by atoms with Gasteiger partial charge in [0.15, 0.2) is 20.1 Å². The summed E-state index contributed by atoms with van der Waals surface area (Å²) in [5.74, 6) is -2.24. The van der Waals surface area contributed by atoms with Crippen LogP contribution in [-0.2, 0) is 30.2 Å². The molecule has 180 valence electrons. The number of hydrogen-bond donors (Lipinski definition) is 0. The van der Waals surface area contributed by atoms with Gasteiger partial charge in [-0.25, -0.2) is 4.79 Å². The predicted molar refractivity (Wildman–Crippen MR) is 123 cm³/mol. The average Bonchev–Trinajstić information content (AvgIpc) is 3.03. The number of esters is 1. The highest BCUT2D eigenvalue weighted by molar-refractivity contribution is 6.73. The van der Waals surface area contributed by atoms with Crippen LogP contribution in [0, 0.1) is 22.0 Å². The fourth-order valence-corrected chi connectivity index (χ4v) is 8.02. The van der Waals surface area contributed by atoms with Crippen LogP contribution < -0.4 is 0 Å². The number of rotatable bonds is 10. The minimum absolute atomic E-state index is 0.0671. The molecular weight excluding hydrogens is 444 g/mol. The Balaban J connectivity index is 1.68. The zero-order valence-electron chi connectivity index (χ0n) is 19.8. The predicted octanol–water partition coefficient (Wildman–Crippen LogP) is 3.46. The van der Waals surface area contributed by atoms with Gasteiger partial charge in [0, 0.05) is 18.1 Å². The summed E-state index contributed by atoms with van der Waals surface area (Å²) in [5, 5.41) is 10.8. The van der Waals surface area contributed by atoms with Crippen LogP contribution in [0.2, 0.25) is 18.1 Å². The molecule has 5 atom stereocenters. The lowest BCUT2D eigenvalue weighted by atomic mass is 9.79. The SMILES string of the molecule is CC[Si](CC)(CC)OC(C)[C@H]1C(=O)N2C(C(=O)OCc3ccc([N+](=O)[O-])cc3)C(=O)[C@H](C)[C@@H]12. The van der Waals surface area contributed by atoms with Crippen molar-refractivity contribution in [3.05, 3.63) is 39.9 Å². The van der Waals surface area contributed by atoms with Crippen LogP contribution in [0.1, 0.15) is 40.2 Å². The van der Waals surface area contributed by atoms with E-state index in [-0.39, 0.29) is 36.1 Å². The summed E-state index contributed by atoms with van der Waals surface area (Å²) in [6.07, 6.45) is -0.310. The van der Waals surface area contributed by atoms with Crippen molar-refractivity contribution in [2.75, 3.05) is 0 Å². The maximum atomic E-state index is 13.1. The van der Waals surface area contributed by atoms with E-state index < -0.39 is 37.1 Å². The Bertz CT molecular complexity index is 923. The van der Waals surface area contributed by atoms with E-state index in [0.717, 1.165) is 18.1 Å². The van der Waals surface area contributed by atoms with Gasteiger partial charge in [-0.2, -0.15) is 0 Å². The fourth-order valence-electron chi connectivity index (χ4n) is 5.08. The first kappa shape index (κ1) is 25.0. The zero-order valence-corrected chi connectivity index (χ0v) is 20.8. The number of nitro groups is 1. The highest BCUT2D eigenvalue weighted by Gasteiger charge is 2.65. The molecule has 0 aromatic heterocycles. The highest BCUT2D eigenvalue weighted by Crippen LogP contribution is 2.45. The Hall–Kier alpha value is -2.59. The third-order valence-corrected chi connectivity index (χ3v) is 12.1. The summed E-state index contributed by atoms with van der Waals surface area (Å²) in [4.78, 5) is 50.3. The van der Waals surface area contributed by atoms with E-state index in [0.29, 0.717) is 5.56 Å². The van der Waals surface area contributed by atoms with Gasteiger partial charge in [-0.3, -0.25) is 19.7 Å². The molecular formula is C23H32N2O7Si. The molecule has 1 aromatic carbocycles. The van der Waals surface area contributed by atoms with E-state index in [1.807, 2.05) is 6.92 Å². The van der Waals surface area contributed by atoms with Crippen molar-refractivity contribution < 1.29 is 28.5 Å². The second-order valence-electron chi connectivity index (χ2n) is 8.95. The summed E-state index contributed by atoms with van der Waals surface area (Å²) in [6, 6.07) is 6.89. The number of hydrogen-bond acceptors (Lipinski definition) is 7. The second kappa shape index (κ2) is 9.72. The first-order valence-corrected chi connectivity index (χ1v) is 14.1. The Morgan fingerprint density at radius 2 is 1.73 bits per heavy atom. The number of carbonyl (C=O) groups is 3. The maximum absolute atomic E-state index is 13.1. The molecule has 1 amide bonds. The highest BCUT2D eigenvalue weighted by atomic mass is 28.4. The molecule has 1 aromatic rings. The molecule has 2 fully saturated rings. The fraction of sp³-hybridized carbons (Fsp3) is 0.609. The Morgan fingerprint density at radius 1 is 1.15 bits per heavy atom. The third-order valence-electron chi connectivity index (χ3n) is 7.36. The first-order chi connectivity index (χ1) is 15.6. The number of nitrogens with zero attached hydrogens (tertiary/aromatic N) is 2. The topological polar surface area (TPSA) is 116 Å². The number of nitro benzene ring substituents is 1. The number of amides is 1. The molecule has 9 nitrogen and oxygen atoms in total. The lowest BCUT2D eigenvalue weighted by Crippen LogP contribution is -2.67. The van der Waals surface area contributed by atoms with Gasteiger partial charge < -0.3 is 14.1 Å². The average molecular weight is 477 g/mol. The number of non-ortho nitro benzene ring substituents is 1. The molecule has 2 heterocycles. The molecule has 0 saturated carbocycles. The summed E-state index contributed by atoms with van der Waals surface area (Å²) in [7, 11) is -1.93. The molecule has 2 saturated heterocycles. The summed E-state index contributed by atoms with van der Waals surface area (Å²) >= 11 is 0. The number of ether oxygens (including phenoxy) is 1. The normalized spacial score (nSPS) is 25.4. The molecule has 0 N–H and O–H groups in total. The largest absolute Gasteiger partial charge is 0.459 e. The Morgan fingerprint density at radius 3 is 2.24 bits per heavy atom. The lowest BCUT2D eigenvalue weighted by Gasteiger charge is -2.49. The van der Waals surface area contributed by atoms with E-state index in [1.54, 1.807) is 6.92 Å². The quantitative estimate of drug-likeness (QED) is 0.127. The smallest absolute Gasteiger partial charge is 0.337 e. The van der Waals surface area contributed by atoms with E-state index >= 15 is 0 Å². The second-order valence-corrected chi connectivity index (χ2v) is 13.7. The van der Waals surface area contributed by atoms with Crippen LogP contribution in [0.25, 0.3) is 0 Å². The monoisotopic (exact) mass is 476 g/mol. The Kier molecular flexibility index (Phi) is 7.38. The van der Waals surface area contributed by atoms with E-state index in [2.05, 4.69) is 20.8 Å². The van der Waals surface area contributed by atoms with Crippen LogP contribution in [0.4, 0.5) is 5.69 Å². The van der Waals surface area contributed by atoms with Crippen LogP contribution in [0.3, 0.4) is 0 Å². The van der Waals surface area contributed by atoms with Crippen molar-refractivity contribution in [2.24, 2.45) is 11.8 Å². The van der Waals surface area contributed by atoms with Gasteiger partial charge in [0.25, 0.3) is 5.69 Å². The van der Waals surface area contributed by atoms with Crippen molar-refractivity contribution in [2.45, 2.75) is 77.5 Å². The van der Waals surface area contributed by atoms with Gasteiger partial charge in [-0.05, 0) is 42.8 Å². The molecule has 3 rings (SSSR count). The van der Waals surface area contributed by atoms with Crippen molar-refractivity contribution >= 4 is 31.7 Å². The van der Waals surface area contributed by atoms with Gasteiger partial charge in [0.05, 0.1) is 23.0 Å². The molecule has 0 bridgehead atoms. The van der Waals surface area contributed by atoms with Gasteiger partial charge in [-0.15, -0.1) is 0 Å². The van der Waals surface area contributed by atoms with Crippen molar-refractivity contribution in [3.63, 3.8) is 0 Å². The summed E-state index contributed by atoms with van der Waals surface area (Å²) in [6.45, 7) is 9.89. The number of carbonyl (C=O) groups excluding carboxylic acids is 3. The number of Topliss-reactive ketones (excluding diaryl/α,β-unsaturated/α-hetero) is 1. The van der Waals surface area contributed by atoms with Gasteiger partial charge in [0.2, 0.25) is 5.91 Å². The lowest BCUT2D eigenvalue weighted by molar-refractivity contribution is -0.384. The third kappa shape index (κ3) is 4.46. The van der Waals surface area contributed by atoms with E-state index in [9.17, 15) is 24.5 Å². The van der Waals surface area contributed by atoms with Crippen LogP contribution in [-0.4, -0.2) is 54.0 Å². The first-order valence-electron chi connectivity index (χ1n) is 11.5. The molecule has 10 heteroatoms. The summed E-state index contributed by atoms with van der Waals surface area (Å²) in [5.41, 5.74) is 0.487. The van der Waals surface area contributed by atoms with Crippen molar-refractivity contribution in [1.29, 1.82) is 0 Å². The Labute approximate surface area is 194 Å². The zero-order chi connectivity index (χ0) is 24.5. The van der Waals surface area contributed by atoms with Crippen LogP contribution >= 0.6 is 0 Å². The molecule has 0 spiro atoms. The van der Waals surface area contributed by atoms with Crippen LogP contribution in [0.5, 0.6) is 0 Å². The molecule has 33 heavy (non-hydrogen) atoms. The minimum Gasteiger partial charge on any atom is -0.459 e. The van der Waals surface area contributed by atoms with Crippen molar-refractivity contribution in [3.8, 4) is 0 Å². The summed E-state index contributed by atoms with van der Waals surface area (Å²) < 4.78 is 11.8. The number of ketones is 1. The number of β-lactam (4-membered cyclic amide) rings is 1. The van der Waals surface area contributed by atoms with Gasteiger partial charge in [-0.1, -0.05) is 27.7 Å². The number of benzene rings is 1. The van der Waals surface area contributed by atoms with Gasteiger partial charge in [0.1, 0.15) is 6.61 Å². The van der Waals surface area contributed by atoms with Crippen molar-refractivity contribution in [1.82, 2.24) is 4.90 Å². The minimum atomic E-state index is -1.93. The van der Waals surface area contributed by atoms with Gasteiger partial charge >= 0.3 is 5.97 Å².